The molecular weight excluding hydrogens is 299 g/mol. The summed E-state index contributed by atoms with van der Waals surface area (Å²) in [5.74, 6) is 0.526. The normalized spacial score (nSPS) is 15.9. The molecule has 1 aromatic carbocycles. The van der Waals surface area contributed by atoms with Crippen molar-refractivity contribution in [1.29, 1.82) is 0 Å². The van der Waals surface area contributed by atoms with Crippen molar-refractivity contribution in [2.24, 2.45) is 0 Å². The third-order valence-corrected chi connectivity index (χ3v) is 3.99. The summed E-state index contributed by atoms with van der Waals surface area (Å²) in [6, 6.07) is 4.78. The Morgan fingerprint density at radius 3 is 2.65 bits per heavy atom. The molecule has 1 aliphatic rings. The van der Waals surface area contributed by atoms with Crippen molar-refractivity contribution < 1.29 is 13.7 Å². The van der Waals surface area contributed by atoms with Gasteiger partial charge in [-0.1, -0.05) is 11.2 Å². The summed E-state index contributed by atoms with van der Waals surface area (Å²) in [6.45, 7) is 6.83. The molecule has 122 valence electrons. The molecule has 3 rings (SSSR count). The van der Waals surface area contributed by atoms with Gasteiger partial charge >= 0.3 is 0 Å². The Balaban J connectivity index is 1.67. The largest absolute Gasteiger partial charge is 0.368 e. The molecule has 1 aliphatic heterocycles. The standard InChI is InChI=1S/C16H19FN4O2/c1-11(22)16-13(17)4-3-5-14(16)21-8-6-20(7-9-21)10-15-18-12(2)23-19-15/h3-5H,6-10H2,1-2H3. The molecule has 7 heteroatoms. The molecule has 6 nitrogen and oxygen atoms in total. The zero-order valence-electron chi connectivity index (χ0n) is 13.3. The maximum Gasteiger partial charge on any atom is 0.223 e. The molecule has 0 saturated carbocycles. The Bertz CT molecular complexity index is 708. The van der Waals surface area contributed by atoms with E-state index >= 15 is 0 Å². The Morgan fingerprint density at radius 2 is 2.04 bits per heavy atom. The highest BCUT2D eigenvalue weighted by molar-refractivity contribution is 6.00. The Morgan fingerprint density at radius 1 is 1.30 bits per heavy atom. The van der Waals surface area contributed by atoms with Crippen LogP contribution in [0.25, 0.3) is 0 Å². The second-order valence-electron chi connectivity index (χ2n) is 5.68. The SMILES string of the molecule is CC(=O)c1c(F)cccc1N1CCN(Cc2noc(C)n2)CC1. The van der Waals surface area contributed by atoms with Crippen molar-refractivity contribution in [2.75, 3.05) is 31.1 Å². The number of hydrogen-bond acceptors (Lipinski definition) is 6. The van der Waals surface area contributed by atoms with Crippen LogP contribution in [0.5, 0.6) is 0 Å². The molecule has 2 aromatic rings. The van der Waals surface area contributed by atoms with Crippen LogP contribution in [0.3, 0.4) is 0 Å². The van der Waals surface area contributed by atoms with Crippen LogP contribution in [0.4, 0.5) is 10.1 Å². The molecule has 1 saturated heterocycles. The lowest BCUT2D eigenvalue weighted by Crippen LogP contribution is -2.46. The maximum absolute atomic E-state index is 13.9. The van der Waals surface area contributed by atoms with Gasteiger partial charge in [0.05, 0.1) is 17.8 Å². The molecule has 23 heavy (non-hydrogen) atoms. The summed E-state index contributed by atoms with van der Waals surface area (Å²) in [6.07, 6.45) is 0. The van der Waals surface area contributed by atoms with E-state index in [1.54, 1.807) is 19.1 Å². The second-order valence-corrected chi connectivity index (χ2v) is 5.68. The molecule has 0 bridgehead atoms. The van der Waals surface area contributed by atoms with Crippen LogP contribution in [0.15, 0.2) is 22.7 Å². The number of hydrogen-bond donors (Lipinski definition) is 0. The average Bonchev–Trinajstić information content (AvgIpc) is 2.92. The summed E-state index contributed by atoms with van der Waals surface area (Å²) in [5.41, 5.74) is 0.849. The Kier molecular flexibility index (Phi) is 4.38. The zero-order chi connectivity index (χ0) is 16.4. The van der Waals surface area contributed by atoms with Crippen LogP contribution in [-0.2, 0) is 6.54 Å². The van der Waals surface area contributed by atoms with Gasteiger partial charge < -0.3 is 9.42 Å². The fourth-order valence-corrected chi connectivity index (χ4v) is 2.88. The van der Waals surface area contributed by atoms with E-state index in [1.807, 2.05) is 0 Å². The van der Waals surface area contributed by atoms with Crippen LogP contribution < -0.4 is 4.90 Å². The number of aryl methyl sites for hydroxylation is 1. The minimum absolute atomic E-state index is 0.176. The van der Waals surface area contributed by atoms with E-state index in [4.69, 9.17) is 4.52 Å². The van der Waals surface area contributed by atoms with Crippen molar-refractivity contribution in [1.82, 2.24) is 15.0 Å². The molecule has 0 spiro atoms. The number of carbonyl (C=O) groups excluding carboxylic acids is 1. The minimum Gasteiger partial charge on any atom is -0.368 e. The van der Waals surface area contributed by atoms with Gasteiger partial charge in [-0.2, -0.15) is 4.98 Å². The molecule has 0 unspecified atom stereocenters. The van der Waals surface area contributed by atoms with Gasteiger partial charge in [-0.05, 0) is 19.1 Å². The molecule has 0 atom stereocenters. The third-order valence-electron chi connectivity index (χ3n) is 3.99. The van der Waals surface area contributed by atoms with E-state index in [9.17, 15) is 9.18 Å². The molecule has 0 N–H and O–H groups in total. The summed E-state index contributed by atoms with van der Waals surface area (Å²) in [7, 11) is 0. The number of Topliss-reactive ketones (excluding diaryl/α,β-unsaturated/α-hetero) is 1. The van der Waals surface area contributed by atoms with Gasteiger partial charge in [0.25, 0.3) is 0 Å². The summed E-state index contributed by atoms with van der Waals surface area (Å²) < 4.78 is 18.9. The molecule has 0 amide bonds. The van der Waals surface area contributed by atoms with E-state index in [2.05, 4.69) is 19.9 Å². The Labute approximate surface area is 133 Å². The molecule has 1 aromatic heterocycles. The van der Waals surface area contributed by atoms with Gasteiger partial charge in [0, 0.05) is 33.1 Å². The van der Waals surface area contributed by atoms with Gasteiger partial charge in [-0.15, -0.1) is 0 Å². The topological polar surface area (TPSA) is 62.5 Å². The number of benzene rings is 1. The molecule has 1 fully saturated rings. The first-order valence-corrected chi connectivity index (χ1v) is 7.60. The van der Waals surface area contributed by atoms with E-state index < -0.39 is 5.82 Å². The number of rotatable bonds is 4. The first kappa shape index (κ1) is 15.6. The maximum atomic E-state index is 13.9. The molecule has 0 aliphatic carbocycles. The van der Waals surface area contributed by atoms with Crippen molar-refractivity contribution in [3.05, 3.63) is 41.3 Å². The smallest absolute Gasteiger partial charge is 0.223 e. The zero-order valence-corrected chi connectivity index (χ0v) is 13.3. The van der Waals surface area contributed by atoms with Crippen LogP contribution >= 0.6 is 0 Å². The third kappa shape index (κ3) is 3.39. The van der Waals surface area contributed by atoms with Gasteiger partial charge in [-0.3, -0.25) is 9.69 Å². The number of carbonyl (C=O) groups is 1. The van der Waals surface area contributed by atoms with E-state index in [1.165, 1.54) is 13.0 Å². The lowest BCUT2D eigenvalue weighted by Gasteiger charge is -2.36. The quantitative estimate of drug-likeness (QED) is 0.804. The summed E-state index contributed by atoms with van der Waals surface area (Å²) >= 11 is 0. The lowest BCUT2D eigenvalue weighted by molar-refractivity contribution is 0.101. The van der Waals surface area contributed by atoms with Gasteiger partial charge in [0.1, 0.15) is 5.82 Å². The van der Waals surface area contributed by atoms with Crippen molar-refractivity contribution in [3.63, 3.8) is 0 Å². The van der Waals surface area contributed by atoms with Gasteiger partial charge in [0.15, 0.2) is 11.6 Å². The monoisotopic (exact) mass is 318 g/mol. The predicted octanol–water partition coefficient (Wildman–Crippen LogP) is 2.04. The fourth-order valence-electron chi connectivity index (χ4n) is 2.88. The predicted molar refractivity (Wildman–Crippen MR) is 82.9 cm³/mol. The highest BCUT2D eigenvalue weighted by atomic mass is 19.1. The summed E-state index contributed by atoms with van der Waals surface area (Å²) in [4.78, 5) is 20.2. The first-order valence-electron chi connectivity index (χ1n) is 7.60. The van der Waals surface area contributed by atoms with Gasteiger partial charge in [0.2, 0.25) is 5.89 Å². The number of ketones is 1. The fraction of sp³-hybridized carbons (Fsp3) is 0.438. The molecule has 2 heterocycles. The second kappa shape index (κ2) is 6.45. The van der Waals surface area contributed by atoms with Crippen LogP contribution in [0, 0.1) is 12.7 Å². The number of piperazine rings is 1. The molecule has 0 radical (unpaired) electrons. The van der Waals surface area contributed by atoms with Crippen molar-refractivity contribution >= 4 is 11.5 Å². The molecular formula is C16H19FN4O2. The van der Waals surface area contributed by atoms with E-state index in [0.29, 0.717) is 23.9 Å². The van der Waals surface area contributed by atoms with E-state index in [-0.39, 0.29) is 11.3 Å². The number of aromatic nitrogens is 2. The first-order chi connectivity index (χ1) is 11.0. The number of nitrogens with zero attached hydrogens (tertiary/aromatic N) is 4. The number of halogens is 1. The minimum atomic E-state index is -0.459. The summed E-state index contributed by atoms with van der Waals surface area (Å²) in [5, 5.41) is 3.90. The van der Waals surface area contributed by atoms with E-state index in [0.717, 1.165) is 26.2 Å². The Hall–Kier alpha value is -2.28. The van der Waals surface area contributed by atoms with Gasteiger partial charge in [-0.25, -0.2) is 4.39 Å². The van der Waals surface area contributed by atoms with Crippen LogP contribution in [0.1, 0.15) is 29.0 Å². The highest BCUT2D eigenvalue weighted by Gasteiger charge is 2.23. The van der Waals surface area contributed by atoms with Crippen LogP contribution in [-0.4, -0.2) is 47.0 Å². The highest BCUT2D eigenvalue weighted by Crippen LogP contribution is 2.25. The van der Waals surface area contributed by atoms with Crippen molar-refractivity contribution in [3.8, 4) is 0 Å². The number of anilines is 1. The lowest BCUT2D eigenvalue weighted by atomic mass is 10.1. The van der Waals surface area contributed by atoms with Crippen LogP contribution in [0.2, 0.25) is 0 Å². The van der Waals surface area contributed by atoms with Crippen molar-refractivity contribution in [2.45, 2.75) is 20.4 Å². The average molecular weight is 318 g/mol.